The summed E-state index contributed by atoms with van der Waals surface area (Å²) in [7, 11) is 0. The number of aromatic nitrogens is 1. The lowest BCUT2D eigenvalue weighted by molar-refractivity contribution is -0.386. The Kier molecular flexibility index (Phi) is 3.34. The number of Topliss-reactive ketones (excluding diaryl/α,β-unsaturated/α-hetero) is 1. The van der Waals surface area contributed by atoms with Crippen molar-refractivity contribution in [1.29, 1.82) is 0 Å². The molecular weight excluding hydrogens is 252 g/mol. The van der Waals surface area contributed by atoms with Crippen molar-refractivity contribution < 1.29 is 19.6 Å². The van der Waals surface area contributed by atoms with Crippen molar-refractivity contribution in [3.05, 3.63) is 34.1 Å². The Labute approximate surface area is 109 Å². The summed E-state index contributed by atoms with van der Waals surface area (Å²) >= 11 is 0. The van der Waals surface area contributed by atoms with Gasteiger partial charge in [-0.1, -0.05) is 0 Å². The van der Waals surface area contributed by atoms with E-state index in [9.17, 15) is 20.0 Å². The Morgan fingerprint density at radius 1 is 1.58 bits per heavy atom. The number of ether oxygens (including phenoxy) is 1. The van der Waals surface area contributed by atoms with Gasteiger partial charge in [0.2, 0.25) is 0 Å². The Bertz CT molecular complexity index is 529. The number of carbonyl (C=O) groups is 1. The highest BCUT2D eigenvalue weighted by Gasteiger charge is 2.44. The number of hydrogen-bond donors (Lipinski definition) is 1. The third kappa shape index (κ3) is 2.47. The summed E-state index contributed by atoms with van der Waals surface area (Å²) < 4.78 is 5.63. The molecule has 2 atom stereocenters. The highest BCUT2D eigenvalue weighted by molar-refractivity contribution is 5.85. The van der Waals surface area contributed by atoms with Gasteiger partial charge >= 0.3 is 0 Å². The predicted octanol–water partition coefficient (Wildman–Crippen LogP) is 1.16. The molecule has 0 aromatic carbocycles. The minimum atomic E-state index is -1.22. The highest BCUT2D eigenvalue weighted by atomic mass is 16.6. The summed E-state index contributed by atoms with van der Waals surface area (Å²) in [4.78, 5) is 25.8. The van der Waals surface area contributed by atoms with Gasteiger partial charge in [0.1, 0.15) is 12.3 Å². The minimum Gasteiger partial charge on any atom is -0.382 e. The molecule has 2 rings (SSSR count). The standard InChI is InChI=1S/C12H14N2O5/c1-12(2)11(16)9(15)5-10(19-12)7-3-4-13-6-8(7)14(17)18/h3-4,6,10-11,16H,5H2,1-2H3/t10-,11+/m1/s1. The third-order valence-electron chi connectivity index (χ3n) is 3.17. The summed E-state index contributed by atoms with van der Waals surface area (Å²) in [6, 6.07) is 1.46. The van der Waals surface area contributed by atoms with Gasteiger partial charge in [0.05, 0.1) is 22.2 Å². The quantitative estimate of drug-likeness (QED) is 0.636. The zero-order valence-electron chi connectivity index (χ0n) is 10.6. The molecule has 1 aliphatic heterocycles. The van der Waals surface area contributed by atoms with Crippen molar-refractivity contribution in [1.82, 2.24) is 4.98 Å². The second-order valence-electron chi connectivity index (χ2n) is 4.97. The average molecular weight is 266 g/mol. The van der Waals surface area contributed by atoms with Gasteiger partial charge in [-0.05, 0) is 19.9 Å². The first kappa shape index (κ1) is 13.6. The number of ketones is 1. The van der Waals surface area contributed by atoms with Crippen molar-refractivity contribution in [2.45, 2.75) is 38.1 Å². The first-order valence-corrected chi connectivity index (χ1v) is 5.80. The van der Waals surface area contributed by atoms with E-state index in [-0.39, 0.29) is 17.9 Å². The predicted molar refractivity (Wildman–Crippen MR) is 64.4 cm³/mol. The van der Waals surface area contributed by atoms with Gasteiger partial charge < -0.3 is 9.84 Å². The van der Waals surface area contributed by atoms with E-state index in [0.29, 0.717) is 5.56 Å². The van der Waals surface area contributed by atoms with Gasteiger partial charge in [-0.15, -0.1) is 0 Å². The van der Waals surface area contributed by atoms with Crippen LogP contribution in [0.4, 0.5) is 5.69 Å². The molecule has 1 aliphatic rings. The maximum absolute atomic E-state index is 11.8. The number of aliphatic hydroxyl groups excluding tert-OH is 1. The van der Waals surface area contributed by atoms with E-state index in [1.54, 1.807) is 13.8 Å². The fourth-order valence-electron chi connectivity index (χ4n) is 2.15. The molecule has 0 radical (unpaired) electrons. The summed E-state index contributed by atoms with van der Waals surface area (Å²) in [5.74, 6) is -0.382. The molecule has 102 valence electrons. The molecule has 0 unspecified atom stereocenters. The summed E-state index contributed by atoms with van der Waals surface area (Å²) in [6.45, 7) is 3.16. The van der Waals surface area contributed by atoms with E-state index < -0.39 is 22.7 Å². The van der Waals surface area contributed by atoms with Crippen LogP contribution in [-0.4, -0.2) is 32.5 Å². The van der Waals surface area contributed by atoms with Crippen molar-refractivity contribution >= 4 is 11.5 Å². The lowest BCUT2D eigenvalue weighted by atomic mass is 9.88. The van der Waals surface area contributed by atoms with Crippen LogP contribution in [0, 0.1) is 10.1 Å². The lowest BCUT2D eigenvalue weighted by Crippen LogP contribution is -2.49. The molecule has 0 bridgehead atoms. The minimum absolute atomic E-state index is 0.0878. The lowest BCUT2D eigenvalue weighted by Gasteiger charge is -2.38. The van der Waals surface area contributed by atoms with Crippen molar-refractivity contribution in [3.63, 3.8) is 0 Å². The van der Waals surface area contributed by atoms with Gasteiger partial charge in [-0.2, -0.15) is 0 Å². The molecule has 19 heavy (non-hydrogen) atoms. The van der Waals surface area contributed by atoms with Crippen molar-refractivity contribution in [2.24, 2.45) is 0 Å². The van der Waals surface area contributed by atoms with Crippen LogP contribution in [0.5, 0.6) is 0 Å². The Hall–Kier alpha value is -1.86. The van der Waals surface area contributed by atoms with Gasteiger partial charge in [-0.25, -0.2) is 0 Å². The number of nitro groups is 1. The second kappa shape index (κ2) is 4.67. The van der Waals surface area contributed by atoms with Crippen LogP contribution in [0.15, 0.2) is 18.5 Å². The smallest absolute Gasteiger partial charge is 0.293 e. The average Bonchev–Trinajstić information content (AvgIpc) is 2.35. The number of rotatable bonds is 2. The largest absolute Gasteiger partial charge is 0.382 e. The number of carbonyl (C=O) groups excluding carboxylic acids is 1. The Morgan fingerprint density at radius 2 is 2.26 bits per heavy atom. The summed E-state index contributed by atoms with van der Waals surface area (Å²) in [5, 5.41) is 20.7. The fourth-order valence-corrected chi connectivity index (χ4v) is 2.15. The molecule has 1 aromatic heterocycles. The molecule has 1 N–H and O–H groups in total. The normalized spacial score (nSPS) is 26.2. The second-order valence-corrected chi connectivity index (χ2v) is 4.97. The summed E-state index contributed by atoms with van der Waals surface area (Å²) in [5.41, 5.74) is -0.960. The van der Waals surface area contributed by atoms with Gasteiger partial charge in [0.25, 0.3) is 5.69 Å². The van der Waals surface area contributed by atoms with Gasteiger partial charge in [0.15, 0.2) is 5.78 Å². The maximum Gasteiger partial charge on any atom is 0.293 e. The zero-order valence-corrected chi connectivity index (χ0v) is 10.6. The van der Waals surface area contributed by atoms with E-state index in [1.807, 2.05) is 0 Å². The van der Waals surface area contributed by atoms with E-state index >= 15 is 0 Å². The molecule has 2 heterocycles. The fraction of sp³-hybridized carbons (Fsp3) is 0.500. The highest BCUT2D eigenvalue weighted by Crippen LogP contribution is 2.38. The number of aliphatic hydroxyl groups is 1. The molecule has 7 nitrogen and oxygen atoms in total. The van der Waals surface area contributed by atoms with E-state index in [4.69, 9.17) is 4.74 Å². The van der Waals surface area contributed by atoms with Crippen LogP contribution < -0.4 is 0 Å². The van der Waals surface area contributed by atoms with Crippen molar-refractivity contribution in [3.8, 4) is 0 Å². The maximum atomic E-state index is 11.8. The molecule has 1 aromatic rings. The first-order valence-electron chi connectivity index (χ1n) is 5.80. The topological polar surface area (TPSA) is 103 Å². The molecule has 1 saturated heterocycles. The van der Waals surface area contributed by atoms with Crippen LogP contribution >= 0.6 is 0 Å². The number of nitrogens with zero attached hydrogens (tertiary/aromatic N) is 2. The van der Waals surface area contributed by atoms with Gasteiger partial charge in [-0.3, -0.25) is 19.9 Å². The first-order chi connectivity index (χ1) is 8.83. The van der Waals surface area contributed by atoms with Crippen LogP contribution in [0.3, 0.4) is 0 Å². The number of hydrogen-bond acceptors (Lipinski definition) is 6. The number of pyridine rings is 1. The van der Waals surface area contributed by atoms with Crippen LogP contribution in [0.1, 0.15) is 31.9 Å². The molecule has 0 amide bonds. The summed E-state index contributed by atoms with van der Waals surface area (Å²) in [6.07, 6.45) is 0.490. The van der Waals surface area contributed by atoms with Crippen molar-refractivity contribution in [2.75, 3.05) is 0 Å². The molecule has 1 fully saturated rings. The monoisotopic (exact) mass is 266 g/mol. The van der Waals surface area contributed by atoms with Crippen LogP contribution in [-0.2, 0) is 9.53 Å². The van der Waals surface area contributed by atoms with Crippen LogP contribution in [0.25, 0.3) is 0 Å². The Morgan fingerprint density at radius 3 is 2.84 bits per heavy atom. The molecule has 0 aliphatic carbocycles. The third-order valence-corrected chi connectivity index (χ3v) is 3.17. The molecular formula is C12H14N2O5. The molecule has 0 saturated carbocycles. The van der Waals surface area contributed by atoms with E-state index in [2.05, 4.69) is 4.98 Å². The van der Waals surface area contributed by atoms with E-state index in [1.165, 1.54) is 12.3 Å². The molecule has 0 spiro atoms. The van der Waals surface area contributed by atoms with Crippen LogP contribution in [0.2, 0.25) is 0 Å². The van der Waals surface area contributed by atoms with Gasteiger partial charge in [0, 0.05) is 12.6 Å². The SMILES string of the molecule is CC1(C)O[C@@H](c2ccncc2[N+](=O)[O-])CC(=O)[C@@H]1O. The Balaban J connectivity index is 2.38. The zero-order chi connectivity index (χ0) is 14.2. The van der Waals surface area contributed by atoms with E-state index in [0.717, 1.165) is 6.20 Å². The molecule has 7 heteroatoms.